The van der Waals surface area contributed by atoms with Crippen LogP contribution in [0.1, 0.15) is 33.6 Å². The van der Waals surface area contributed by atoms with Crippen molar-refractivity contribution < 1.29 is 14.1 Å². The van der Waals surface area contributed by atoms with Gasteiger partial charge in [-0.3, -0.25) is 9.59 Å². The van der Waals surface area contributed by atoms with Crippen molar-refractivity contribution in [3.05, 3.63) is 0 Å². The van der Waals surface area contributed by atoms with E-state index in [1.165, 1.54) is 0 Å². The van der Waals surface area contributed by atoms with Crippen LogP contribution in [0.15, 0.2) is 0 Å². The van der Waals surface area contributed by atoms with E-state index in [9.17, 15) is 9.59 Å². The molecule has 0 radical (unpaired) electrons. The van der Waals surface area contributed by atoms with Crippen molar-refractivity contribution in [2.45, 2.75) is 33.6 Å². The minimum atomic E-state index is -0.00733. The molecule has 0 aromatic rings. The Hall–Kier alpha value is -0.900. The van der Waals surface area contributed by atoms with E-state index in [0.29, 0.717) is 12.3 Å². The zero-order chi connectivity index (χ0) is 15.1. The SMILES string of the molecule is CC(=O)[C@H]1C[C@@H](CC(=O)N2CC[N+](C)(C)CC2)C1(C)C. The molecule has 0 spiro atoms. The molecule has 4 heteroatoms. The normalized spacial score (nSPS) is 31.6. The van der Waals surface area contributed by atoms with E-state index in [2.05, 4.69) is 27.9 Å². The van der Waals surface area contributed by atoms with Crippen LogP contribution in [0.5, 0.6) is 0 Å². The fraction of sp³-hybridized carbons (Fsp3) is 0.875. The summed E-state index contributed by atoms with van der Waals surface area (Å²) in [6, 6.07) is 0. The Bertz CT molecular complexity index is 405. The van der Waals surface area contributed by atoms with Gasteiger partial charge in [0.1, 0.15) is 5.78 Å². The number of carbonyl (C=O) groups is 2. The number of rotatable bonds is 3. The zero-order valence-electron chi connectivity index (χ0n) is 13.6. The van der Waals surface area contributed by atoms with Crippen molar-refractivity contribution in [2.75, 3.05) is 40.3 Å². The van der Waals surface area contributed by atoms with Crippen molar-refractivity contribution >= 4 is 11.7 Å². The topological polar surface area (TPSA) is 37.4 Å². The van der Waals surface area contributed by atoms with Crippen molar-refractivity contribution in [2.24, 2.45) is 17.3 Å². The number of amides is 1. The number of nitrogens with zero attached hydrogens (tertiary/aromatic N) is 2. The molecule has 0 N–H and O–H groups in total. The van der Waals surface area contributed by atoms with E-state index in [1.54, 1.807) is 6.92 Å². The maximum Gasteiger partial charge on any atom is 0.223 e. The van der Waals surface area contributed by atoms with Crippen LogP contribution in [0.25, 0.3) is 0 Å². The third-order valence-electron chi connectivity index (χ3n) is 5.69. The standard InChI is InChI=1S/C16H29N2O2/c1-12(19)14-10-13(16(14,2)3)11-15(20)17-6-8-18(4,5)9-7-17/h13-14H,6-11H2,1-5H3/q+1/t13-,14+/m0/s1. The average Bonchev–Trinajstić information content (AvgIpc) is 2.33. The molecular formula is C16H29N2O2+. The summed E-state index contributed by atoms with van der Waals surface area (Å²) in [6.07, 6.45) is 1.51. The lowest BCUT2D eigenvalue weighted by molar-refractivity contribution is -0.894. The number of ketones is 1. The Morgan fingerprint density at radius 1 is 1.20 bits per heavy atom. The predicted molar refractivity (Wildman–Crippen MR) is 79.1 cm³/mol. The first kappa shape index (κ1) is 15.5. The summed E-state index contributed by atoms with van der Waals surface area (Å²) >= 11 is 0. The third kappa shape index (κ3) is 2.90. The molecule has 0 unspecified atom stereocenters. The van der Waals surface area contributed by atoms with E-state index in [1.807, 2.05) is 4.90 Å². The summed E-state index contributed by atoms with van der Waals surface area (Å²) in [5.41, 5.74) is -0.00733. The van der Waals surface area contributed by atoms with Gasteiger partial charge in [-0.05, 0) is 24.7 Å². The van der Waals surface area contributed by atoms with Gasteiger partial charge in [0.05, 0.1) is 40.3 Å². The van der Waals surface area contributed by atoms with Crippen LogP contribution in [0.3, 0.4) is 0 Å². The van der Waals surface area contributed by atoms with E-state index in [0.717, 1.165) is 37.1 Å². The zero-order valence-corrected chi connectivity index (χ0v) is 13.6. The molecular weight excluding hydrogens is 252 g/mol. The van der Waals surface area contributed by atoms with E-state index < -0.39 is 0 Å². The first-order valence-electron chi connectivity index (χ1n) is 7.74. The molecule has 1 amide bonds. The molecule has 20 heavy (non-hydrogen) atoms. The summed E-state index contributed by atoms with van der Waals surface area (Å²) < 4.78 is 1.01. The molecule has 0 bridgehead atoms. The number of carbonyl (C=O) groups excluding carboxylic acids is 2. The lowest BCUT2D eigenvalue weighted by Gasteiger charge is -2.51. The van der Waals surface area contributed by atoms with Gasteiger partial charge in [-0.1, -0.05) is 13.8 Å². The number of hydrogen-bond acceptors (Lipinski definition) is 2. The number of piperazine rings is 1. The largest absolute Gasteiger partial charge is 0.331 e. The molecule has 0 aromatic heterocycles. The van der Waals surface area contributed by atoms with Crippen LogP contribution in [-0.4, -0.2) is 61.3 Å². The predicted octanol–water partition coefficient (Wildman–Crippen LogP) is 1.55. The van der Waals surface area contributed by atoms with Gasteiger partial charge in [-0.15, -0.1) is 0 Å². The summed E-state index contributed by atoms with van der Waals surface area (Å²) in [5.74, 6) is 1.08. The second-order valence-corrected chi connectivity index (χ2v) is 7.89. The molecule has 2 aliphatic rings. The smallest absolute Gasteiger partial charge is 0.223 e. The highest BCUT2D eigenvalue weighted by Crippen LogP contribution is 2.53. The molecule has 2 fully saturated rings. The molecule has 0 aromatic carbocycles. The Labute approximate surface area is 122 Å². The fourth-order valence-corrected chi connectivity index (χ4v) is 3.65. The minimum absolute atomic E-state index is 0.00733. The van der Waals surface area contributed by atoms with Crippen LogP contribution in [0.4, 0.5) is 0 Å². The number of hydrogen-bond donors (Lipinski definition) is 0. The van der Waals surface area contributed by atoms with E-state index >= 15 is 0 Å². The molecule has 2 atom stereocenters. The Morgan fingerprint density at radius 3 is 2.20 bits per heavy atom. The number of Topliss-reactive ketones (excluding diaryl/α,β-unsaturated/α-hetero) is 1. The number of likely N-dealkylation sites (N-methyl/N-ethyl adjacent to an activating group) is 1. The number of quaternary nitrogens is 1. The van der Waals surface area contributed by atoms with Gasteiger partial charge in [-0.25, -0.2) is 0 Å². The van der Waals surface area contributed by atoms with Crippen molar-refractivity contribution in [3.8, 4) is 0 Å². The lowest BCUT2D eigenvalue weighted by Crippen LogP contribution is -2.57. The summed E-state index contributed by atoms with van der Waals surface area (Å²) in [7, 11) is 4.43. The second kappa shape index (κ2) is 5.14. The molecule has 4 nitrogen and oxygen atoms in total. The van der Waals surface area contributed by atoms with Crippen LogP contribution in [0.2, 0.25) is 0 Å². The van der Waals surface area contributed by atoms with Gasteiger partial charge in [-0.2, -0.15) is 0 Å². The van der Waals surface area contributed by atoms with Gasteiger partial charge in [0.25, 0.3) is 0 Å². The van der Waals surface area contributed by atoms with Crippen molar-refractivity contribution in [3.63, 3.8) is 0 Å². The molecule has 2 rings (SSSR count). The molecule has 1 saturated heterocycles. The highest BCUT2D eigenvalue weighted by atomic mass is 16.2. The van der Waals surface area contributed by atoms with Crippen LogP contribution < -0.4 is 0 Å². The van der Waals surface area contributed by atoms with Gasteiger partial charge in [0.2, 0.25) is 5.91 Å². The van der Waals surface area contributed by atoms with E-state index in [4.69, 9.17) is 0 Å². The van der Waals surface area contributed by atoms with Crippen molar-refractivity contribution in [1.29, 1.82) is 0 Å². The lowest BCUT2D eigenvalue weighted by atomic mass is 9.52. The van der Waals surface area contributed by atoms with Gasteiger partial charge in [0, 0.05) is 12.3 Å². The van der Waals surface area contributed by atoms with Crippen molar-refractivity contribution in [1.82, 2.24) is 4.90 Å². The quantitative estimate of drug-likeness (QED) is 0.736. The first-order valence-corrected chi connectivity index (χ1v) is 7.74. The van der Waals surface area contributed by atoms with Gasteiger partial charge < -0.3 is 9.38 Å². The summed E-state index contributed by atoms with van der Waals surface area (Å²) in [5, 5.41) is 0. The monoisotopic (exact) mass is 281 g/mol. The first-order chi connectivity index (χ1) is 9.13. The molecule has 1 aliphatic carbocycles. The average molecular weight is 281 g/mol. The fourth-order valence-electron chi connectivity index (χ4n) is 3.65. The molecule has 1 heterocycles. The summed E-state index contributed by atoms with van der Waals surface area (Å²) in [4.78, 5) is 26.0. The molecule has 114 valence electrons. The Balaban J connectivity index is 1.86. The van der Waals surface area contributed by atoms with Gasteiger partial charge >= 0.3 is 0 Å². The molecule has 1 saturated carbocycles. The Kier molecular flexibility index (Phi) is 3.98. The maximum absolute atomic E-state index is 12.4. The van der Waals surface area contributed by atoms with Crippen LogP contribution in [0, 0.1) is 17.3 Å². The van der Waals surface area contributed by atoms with E-state index in [-0.39, 0.29) is 23.0 Å². The Morgan fingerprint density at radius 2 is 1.75 bits per heavy atom. The highest BCUT2D eigenvalue weighted by Gasteiger charge is 2.50. The maximum atomic E-state index is 12.4. The second-order valence-electron chi connectivity index (χ2n) is 7.89. The van der Waals surface area contributed by atoms with Gasteiger partial charge in [0.15, 0.2) is 0 Å². The third-order valence-corrected chi connectivity index (χ3v) is 5.69. The van der Waals surface area contributed by atoms with Crippen LogP contribution >= 0.6 is 0 Å². The summed E-state index contributed by atoms with van der Waals surface area (Å²) in [6.45, 7) is 9.76. The van der Waals surface area contributed by atoms with Crippen LogP contribution in [-0.2, 0) is 9.59 Å². The minimum Gasteiger partial charge on any atom is -0.331 e. The molecule has 1 aliphatic heterocycles. The highest BCUT2D eigenvalue weighted by molar-refractivity contribution is 5.81.